The summed E-state index contributed by atoms with van der Waals surface area (Å²) < 4.78 is 7.75. The first-order valence-electron chi connectivity index (χ1n) is 4.62. The van der Waals surface area contributed by atoms with Gasteiger partial charge >= 0.3 is 0 Å². The molecule has 0 aromatic heterocycles. The van der Waals surface area contributed by atoms with E-state index in [4.69, 9.17) is 0 Å². The van der Waals surface area contributed by atoms with Gasteiger partial charge in [0, 0.05) is 6.17 Å². The fourth-order valence-corrected chi connectivity index (χ4v) is 8.53. The van der Waals surface area contributed by atoms with Crippen molar-refractivity contribution in [3.8, 4) is 0 Å². The maximum atomic E-state index is 2.65. The molecule has 0 radical (unpaired) electrons. The molecule has 0 N–H and O–H groups in total. The van der Waals surface area contributed by atoms with Crippen molar-refractivity contribution in [1.29, 1.82) is 0 Å². The summed E-state index contributed by atoms with van der Waals surface area (Å²) in [5.74, 6) is 0. The maximum absolute atomic E-state index is 2.65. The largest absolute Gasteiger partial charge is 0.329 e. The van der Waals surface area contributed by atoms with Crippen LogP contribution in [0.1, 0.15) is 6.92 Å². The maximum Gasteiger partial charge on any atom is 0.181 e. The van der Waals surface area contributed by atoms with E-state index >= 15 is 0 Å². The van der Waals surface area contributed by atoms with E-state index < -0.39 is 18.2 Å². The number of hydrogen-bond acceptors (Lipinski definition) is 3. The van der Waals surface area contributed by atoms with Crippen LogP contribution in [0.25, 0.3) is 0 Å². The molecule has 1 saturated heterocycles. The summed E-state index contributed by atoms with van der Waals surface area (Å²) in [6, 6.07) is 0. The molecule has 1 fully saturated rings. The lowest BCUT2D eigenvalue weighted by Crippen LogP contribution is -2.69. The first-order valence-corrected chi connectivity index (χ1v) is 9.00. The van der Waals surface area contributed by atoms with E-state index in [1.165, 1.54) is 0 Å². The zero-order valence-electron chi connectivity index (χ0n) is 9.07. The molecular formula is C7H21N3Si2. The van der Waals surface area contributed by atoms with E-state index in [0.717, 1.165) is 0 Å². The van der Waals surface area contributed by atoms with Crippen molar-refractivity contribution in [2.45, 2.75) is 26.2 Å². The molecule has 0 aromatic rings. The van der Waals surface area contributed by atoms with Crippen molar-refractivity contribution < 1.29 is 0 Å². The third-order valence-corrected chi connectivity index (χ3v) is 11.7. The fraction of sp³-hybridized carbons (Fsp3) is 1.00. The molecule has 3 nitrogen and oxygen atoms in total. The zero-order chi connectivity index (χ0) is 9.46. The van der Waals surface area contributed by atoms with Gasteiger partial charge in [-0.3, -0.25) is 0 Å². The predicted molar refractivity (Wildman–Crippen MR) is 58.8 cm³/mol. The number of rotatable bonds is 0. The molecular weight excluding hydrogens is 182 g/mol. The van der Waals surface area contributed by atoms with Gasteiger partial charge in [-0.05, 0) is 41.2 Å². The molecule has 12 heavy (non-hydrogen) atoms. The Morgan fingerprint density at radius 2 is 1.25 bits per heavy atom. The van der Waals surface area contributed by atoms with Gasteiger partial charge in [-0.2, -0.15) is 0 Å². The smallest absolute Gasteiger partial charge is 0.181 e. The van der Waals surface area contributed by atoms with Gasteiger partial charge in [-0.25, -0.2) is 0 Å². The lowest BCUT2D eigenvalue weighted by atomic mass is 10.6. The topological polar surface area (TPSA) is 9.72 Å². The van der Waals surface area contributed by atoms with E-state index in [1.54, 1.807) is 0 Å². The Morgan fingerprint density at radius 1 is 0.917 bits per heavy atom. The third-order valence-electron chi connectivity index (χ3n) is 3.54. The highest BCUT2D eigenvalue weighted by Gasteiger charge is 2.35. The van der Waals surface area contributed by atoms with Crippen molar-refractivity contribution in [2.75, 3.05) is 21.1 Å². The van der Waals surface area contributed by atoms with E-state index in [9.17, 15) is 0 Å². The second kappa shape index (κ2) is 3.59. The van der Waals surface area contributed by atoms with Crippen LogP contribution >= 0.6 is 0 Å². The minimum Gasteiger partial charge on any atom is -0.329 e. The minimum atomic E-state index is -0.750. The second-order valence-electron chi connectivity index (χ2n) is 3.89. The number of hydrogen-bond donors (Lipinski definition) is 0. The molecule has 1 aliphatic rings. The highest BCUT2D eigenvalue weighted by molar-refractivity contribution is 6.69. The Bertz CT molecular complexity index is 108. The SMILES string of the molecule is CC1N(C)[SiH](C)N(C)[SiH](C)N1C. The molecule has 2 atom stereocenters. The third kappa shape index (κ3) is 1.51. The summed E-state index contributed by atoms with van der Waals surface area (Å²) in [4.78, 5) is 0. The Balaban J connectivity index is 2.76. The van der Waals surface area contributed by atoms with Gasteiger partial charge in [-0.15, -0.1) is 0 Å². The molecule has 0 bridgehead atoms. The lowest BCUT2D eigenvalue weighted by molar-refractivity contribution is 0.207. The van der Waals surface area contributed by atoms with Crippen LogP contribution < -0.4 is 0 Å². The summed E-state index contributed by atoms with van der Waals surface area (Å²) in [6.07, 6.45) is 0.657. The molecule has 1 aliphatic heterocycles. The lowest BCUT2D eigenvalue weighted by Gasteiger charge is -2.50. The van der Waals surface area contributed by atoms with Crippen LogP contribution in [0.2, 0.25) is 13.1 Å². The zero-order valence-corrected chi connectivity index (χ0v) is 11.4. The van der Waals surface area contributed by atoms with E-state index in [0.29, 0.717) is 6.17 Å². The van der Waals surface area contributed by atoms with E-state index in [1.807, 2.05) is 0 Å². The minimum absolute atomic E-state index is 0.657. The highest BCUT2D eigenvalue weighted by atomic mass is 28.4. The van der Waals surface area contributed by atoms with Gasteiger partial charge in [0.25, 0.3) is 0 Å². The molecule has 72 valence electrons. The second-order valence-corrected chi connectivity index (χ2v) is 10.3. The van der Waals surface area contributed by atoms with Crippen LogP contribution in [0, 0.1) is 0 Å². The first kappa shape index (κ1) is 10.4. The Hall–Kier alpha value is 0.314. The Kier molecular flexibility index (Phi) is 3.11. The van der Waals surface area contributed by atoms with E-state index in [2.05, 4.69) is 54.5 Å². The van der Waals surface area contributed by atoms with Crippen LogP contribution in [-0.2, 0) is 0 Å². The molecule has 1 heterocycles. The molecule has 5 heteroatoms. The quantitative estimate of drug-likeness (QED) is 0.507. The molecule has 0 amide bonds. The molecule has 0 aromatic carbocycles. The van der Waals surface area contributed by atoms with Gasteiger partial charge < -0.3 is 13.4 Å². The molecule has 1 rings (SSSR count). The van der Waals surface area contributed by atoms with Gasteiger partial charge in [0.05, 0.1) is 0 Å². The summed E-state index contributed by atoms with van der Waals surface area (Å²) in [6.45, 7) is 7.17. The van der Waals surface area contributed by atoms with Crippen molar-refractivity contribution in [3.05, 3.63) is 0 Å². The highest BCUT2D eigenvalue weighted by Crippen LogP contribution is 2.16. The van der Waals surface area contributed by atoms with Crippen LogP contribution in [0.4, 0.5) is 0 Å². The van der Waals surface area contributed by atoms with Crippen LogP contribution in [0.3, 0.4) is 0 Å². The predicted octanol–water partition coefficient (Wildman–Crippen LogP) is -0.158. The fourth-order valence-electron chi connectivity index (χ4n) is 1.80. The summed E-state index contributed by atoms with van der Waals surface area (Å²) in [5.41, 5.74) is 0. The Morgan fingerprint density at radius 3 is 1.58 bits per heavy atom. The van der Waals surface area contributed by atoms with Crippen molar-refractivity contribution in [2.24, 2.45) is 0 Å². The van der Waals surface area contributed by atoms with Crippen molar-refractivity contribution in [3.63, 3.8) is 0 Å². The Labute approximate surface area is 79.5 Å². The van der Waals surface area contributed by atoms with Crippen LogP contribution in [0.5, 0.6) is 0 Å². The first-order chi connectivity index (χ1) is 5.46. The molecule has 0 aliphatic carbocycles. The summed E-state index contributed by atoms with van der Waals surface area (Å²) in [5, 5.41) is 0. The van der Waals surface area contributed by atoms with Crippen LogP contribution in [-0.4, -0.2) is 58.9 Å². The van der Waals surface area contributed by atoms with Gasteiger partial charge in [0.2, 0.25) is 0 Å². The monoisotopic (exact) mass is 203 g/mol. The average Bonchev–Trinajstić information content (AvgIpc) is 2.08. The van der Waals surface area contributed by atoms with Crippen molar-refractivity contribution >= 4 is 18.2 Å². The molecule has 2 unspecified atom stereocenters. The normalized spacial score (nSPS) is 42.0. The van der Waals surface area contributed by atoms with Crippen molar-refractivity contribution in [1.82, 2.24) is 13.4 Å². The molecule has 0 spiro atoms. The standard InChI is InChI=1S/C7H21N3Si2/c1-7-8(2)11(5)10(4)12(6)9(7)3/h7,11-12H,1-6H3. The number of nitrogens with zero attached hydrogens (tertiary/aromatic N) is 3. The van der Waals surface area contributed by atoms with E-state index in [-0.39, 0.29) is 0 Å². The average molecular weight is 203 g/mol. The van der Waals surface area contributed by atoms with Crippen LogP contribution in [0.15, 0.2) is 0 Å². The van der Waals surface area contributed by atoms with Gasteiger partial charge in [-0.1, -0.05) is 0 Å². The summed E-state index contributed by atoms with van der Waals surface area (Å²) in [7, 11) is 5.32. The van der Waals surface area contributed by atoms with Gasteiger partial charge in [0.1, 0.15) is 0 Å². The van der Waals surface area contributed by atoms with Gasteiger partial charge in [0.15, 0.2) is 18.2 Å². The summed E-state index contributed by atoms with van der Waals surface area (Å²) >= 11 is 0. The molecule has 0 saturated carbocycles.